The van der Waals surface area contributed by atoms with Gasteiger partial charge in [-0.3, -0.25) is 15.1 Å². The van der Waals surface area contributed by atoms with Crippen LogP contribution in [0.15, 0.2) is 18.2 Å². The van der Waals surface area contributed by atoms with Crippen molar-refractivity contribution in [2.75, 3.05) is 42.5 Å². The van der Waals surface area contributed by atoms with Crippen molar-refractivity contribution in [1.82, 2.24) is 10.6 Å². The molecule has 1 aromatic rings. The van der Waals surface area contributed by atoms with Crippen molar-refractivity contribution >= 4 is 29.7 Å². The molecule has 28 heavy (non-hydrogen) atoms. The molecule has 0 radical (unpaired) electrons. The van der Waals surface area contributed by atoms with Crippen LogP contribution < -0.4 is 20.4 Å². The van der Waals surface area contributed by atoms with E-state index in [0.717, 1.165) is 12.9 Å². The molecule has 0 saturated carbocycles. The van der Waals surface area contributed by atoms with Crippen molar-refractivity contribution in [1.29, 1.82) is 5.41 Å². The lowest BCUT2D eigenvalue weighted by atomic mass is 10.2. The Morgan fingerprint density at radius 2 is 2.18 bits per heavy atom. The highest BCUT2D eigenvalue weighted by Crippen LogP contribution is 2.27. The Labute approximate surface area is 165 Å². The van der Waals surface area contributed by atoms with E-state index in [4.69, 9.17) is 10.1 Å². The van der Waals surface area contributed by atoms with Crippen LogP contribution in [0.4, 0.5) is 20.6 Å². The van der Waals surface area contributed by atoms with Crippen molar-refractivity contribution < 1.29 is 18.7 Å². The van der Waals surface area contributed by atoms with Gasteiger partial charge in [0.15, 0.2) is 0 Å². The molecule has 1 aliphatic heterocycles. The van der Waals surface area contributed by atoms with Gasteiger partial charge in [-0.05, 0) is 24.7 Å². The predicted octanol–water partition coefficient (Wildman–Crippen LogP) is 2.34. The van der Waals surface area contributed by atoms with E-state index in [9.17, 15) is 14.0 Å². The van der Waals surface area contributed by atoms with Crippen molar-refractivity contribution in [3.8, 4) is 0 Å². The van der Waals surface area contributed by atoms with Gasteiger partial charge in [0.1, 0.15) is 11.9 Å². The predicted molar refractivity (Wildman–Crippen MR) is 109 cm³/mol. The lowest BCUT2D eigenvalue weighted by Gasteiger charge is -2.21. The Hall–Kier alpha value is -2.68. The van der Waals surface area contributed by atoms with Gasteiger partial charge in [-0.15, -0.1) is 0 Å². The van der Waals surface area contributed by atoms with Crippen LogP contribution in [0.25, 0.3) is 0 Å². The first-order chi connectivity index (χ1) is 13.5. The fraction of sp³-hybridized carbons (Fsp3) is 0.526. The SMILES string of the molecule is CC.CCNCCN(C=N)c1ccc(N2CC(CNC(C)=O)OC2=O)cc1F. The lowest BCUT2D eigenvalue weighted by Crippen LogP contribution is -2.33. The minimum atomic E-state index is -0.580. The molecule has 2 rings (SSSR count). The smallest absolute Gasteiger partial charge is 0.414 e. The molecule has 156 valence electrons. The summed E-state index contributed by atoms with van der Waals surface area (Å²) in [6.07, 6.45) is 0.0131. The molecule has 1 unspecified atom stereocenters. The minimum Gasteiger partial charge on any atom is -0.442 e. The average Bonchev–Trinajstić information content (AvgIpc) is 3.06. The van der Waals surface area contributed by atoms with Gasteiger partial charge in [-0.2, -0.15) is 0 Å². The number of hydrogen-bond donors (Lipinski definition) is 3. The fourth-order valence-corrected chi connectivity index (χ4v) is 2.62. The number of benzene rings is 1. The third kappa shape index (κ3) is 6.49. The third-order valence-corrected chi connectivity index (χ3v) is 3.94. The number of carbonyl (C=O) groups excluding carboxylic acids is 2. The third-order valence-electron chi connectivity index (χ3n) is 3.94. The van der Waals surface area contributed by atoms with Crippen LogP contribution in [0.5, 0.6) is 0 Å². The second-order valence-electron chi connectivity index (χ2n) is 5.87. The highest BCUT2D eigenvalue weighted by atomic mass is 19.1. The number of likely N-dealkylation sites (N-methyl/N-ethyl adjacent to an activating group) is 1. The van der Waals surface area contributed by atoms with Crippen LogP contribution in [0.1, 0.15) is 27.7 Å². The first-order valence-corrected chi connectivity index (χ1v) is 9.46. The molecule has 0 bridgehead atoms. The number of rotatable bonds is 9. The number of anilines is 2. The van der Waals surface area contributed by atoms with E-state index in [1.807, 2.05) is 20.8 Å². The Morgan fingerprint density at radius 3 is 2.75 bits per heavy atom. The normalized spacial score (nSPS) is 15.4. The molecule has 9 heteroatoms. The van der Waals surface area contributed by atoms with E-state index in [0.29, 0.717) is 18.8 Å². The van der Waals surface area contributed by atoms with Gasteiger partial charge in [0.05, 0.1) is 30.8 Å². The zero-order chi connectivity index (χ0) is 21.1. The number of ether oxygens (including phenoxy) is 1. The quantitative estimate of drug-likeness (QED) is 0.339. The molecule has 0 spiro atoms. The van der Waals surface area contributed by atoms with Crippen molar-refractivity contribution in [2.45, 2.75) is 33.8 Å². The molecule has 2 amide bonds. The second kappa shape index (κ2) is 11.9. The summed E-state index contributed by atoms with van der Waals surface area (Å²) in [5.74, 6) is -0.736. The molecule has 8 nitrogen and oxygen atoms in total. The van der Waals surface area contributed by atoms with Crippen molar-refractivity contribution in [3.63, 3.8) is 0 Å². The molecule has 0 aromatic heterocycles. The first-order valence-electron chi connectivity index (χ1n) is 9.46. The van der Waals surface area contributed by atoms with Gasteiger partial charge >= 0.3 is 6.09 Å². The summed E-state index contributed by atoms with van der Waals surface area (Å²) < 4.78 is 19.7. The molecule has 1 aliphatic rings. The number of halogens is 1. The second-order valence-corrected chi connectivity index (χ2v) is 5.87. The van der Waals surface area contributed by atoms with E-state index in [-0.39, 0.29) is 24.7 Å². The van der Waals surface area contributed by atoms with Gasteiger partial charge in [0.25, 0.3) is 0 Å². The maximum absolute atomic E-state index is 14.5. The van der Waals surface area contributed by atoms with Crippen molar-refractivity contribution in [2.24, 2.45) is 0 Å². The fourth-order valence-electron chi connectivity index (χ4n) is 2.62. The number of nitrogens with one attached hydrogen (secondary N) is 3. The van der Waals surface area contributed by atoms with Crippen LogP contribution in [-0.2, 0) is 9.53 Å². The molecule has 1 aromatic carbocycles. The number of amides is 2. The summed E-state index contributed by atoms with van der Waals surface area (Å²) in [6, 6.07) is 4.40. The van der Waals surface area contributed by atoms with Crippen LogP contribution in [-0.4, -0.2) is 57.2 Å². The largest absolute Gasteiger partial charge is 0.442 e. The summed E-state index contributed by atoms with van der Waals surface area (Å²) in [5.41, 5.74) is 0.641. The molecular formula is C19H30FN5O3. The molecule has 0 aliphatic carbocycles. The number of nitrogens with zero attached hydrogens (tertiary/aromatic N) is 2. The number of hydrogen-bond acceptors (Lipinski definition) is 5. The van der Waals surface area contributed by atoms with E-state index < -0.39 is 18.0 Å². The molecular weight excluding hydrogens is 365 g/mol. The van der Waals surface area contributed by atoms with Crippen LogP contribution in [0.2, 0.25) is 0 Å². The standard InChI is InChI=1S/C17H24FN5O3.C2H6/c1-3-20-6-7-22(11-19)16-5-4-13(8-15(16)18)23-10-14(26-17(23)25)9-21-12(2)24;1-2/h4-5,8,11,14,19-20H,3,6-7,9-10H2,1-2H3,(H,21,24);1-2H3. The maximum Gasteiger partial charge on any atom is 0.414 e. The summed E-state index contributed by atoms with van der Waals surface area (Å²) in [7, 11) is 0. The first kappa shape index (κ1) is 23.4. The Kier molecular flexibility index (Phi) is 9.94. The zero-order valence-corrected chi connectivity index (χ0v) is 16.9. The topological polar surface area (TPSA) is 97.8 Å². The zero-order valence-electron chi connectivity index (χ0n) is 16.9. The summed E-state index contributed by atoms with van der Waals surface area (Å²) in [4.78, 5) is 25.8. The van der Waals surface area contributed by atoms with E-state index in [1.165, 1.54) is 28.9 Å². The summed E-state index contributed by atoms with van der Waals surface area (Å²) in [5, 5.41) is 13.2. The van der Waals surface area contributed by atoms with Crippen LogP contribution in [0.3, 0.4) is 0 Å². The number of carbonyl (C=O) groups is 2. The minimum absolute atomic E-state index is 0.209. The van der Waals surface area contributed by atoms with Gasteiger partial charge in [-0.1, -0.05) is 20.8 Å². The van der Waals surface area contributed by atoms with E-state index >= 15 is 0 Å². The highest BCUT2D eigenvalue weighted by Gasteiger charge is 2.32. The van der Waals surface area contributed by atoms with Gasteiger partial charge in [0.2, 0.25) is 5.91 Å². The highest BCUT2D eigenvalue weighted by molar-refractivity contribution is 5.90. The van der Waals surface area contributed by atoms with E-state index in [1.54, 1.807) is 6.07 Å². The van der Waals surface area contributed by atoms with Gasteiger partial charge in [0, 0.05) is 20.0 Å². The summed E-state index contributed by atoms with van der Waals surface area (Å²) >= 11 is 0. The Morgan fingerprint density at radius 1 is 1.46 bits per heavy atom. The van der Waals surface area contributed by atoms with Gasteiger partial charge < -0.3 is 20.3 Å². The van der Waals surface area contributed by atoms with E-state index in [2.05, 4.69) is 10.6 Å². The number of cyclic esters (lactones) is 1. The van der Waals surface area contributed by atoms with Crippen molar-refractivity contribution in [3.05, 3.63) is 24.0 Å². The Bertz CT molecular complexity index is 671. The monoisotopic (exact) mass is 395 g/mol. The lowest BCUT2D eigenvalue weighted by molar-refractivity contribution is -0.119. The Balaban J connectivity index is 0.00000190. The molecule has 1 saturated heterocycles. The maximum atomic E-state index is 14.5. The van der Waals surface area contributed by atoms with Crippen LogP contribution >= 0.6 is 0 Å². The van der Waals surface area contributed by atoms with Gasteiger partial charge in [-0.25, -0.2) is 9.18 Å². The average molecular weight is 395 g/mol. The molecule has 1 atom stereocenters. The molecule has 1 heterocycles. The summed E-state index contributed by atoms with van der Waals surface area (Å²) in [6.45, 7) is 9.67. The van der Waals surface area contributed by atoms with Crippen LogP contribution in [0, 0.1) is 11.2 Å². The molecule has 1 fully saturated rings. The molecule has 3 N–H and O–H groups in total.